The van der Waals surface area contributed by atoms with Gasteiger partial charge in [-0.2, -0.15) is 0 Å². The third-order valence-electron chi connectivity index (χ3n) is 4.05. The number of aliphatic hydroxyl groups is 1. The van der Waals surface area contributed by atoms with Crippen molar-refractivity contribution in [1.29, 1.82) is 0 Å². The molecule has 0 radical (unpaired) electrons. The second-order valence-corrected chi connectivity index (χ2v) is 5.97. The van der Waals surface area contributed by atoms with Crippen LogP contribution in [-0.2, 0) is 0 Å². The lowest BCUT2D eigenvalue weighted by Crippen LogP contribution is -2.02. The number of benzene rings is 1. The van der Waals surface area contributed by atoms with Crippen LogP contribution in [0.1, 0.15) is 44.9 Å². The van der Waals surface area contributed by atoms with Crippen LogP contribution in [0.5, 0.6) is 5.75 Å². The Morgan fingerprint density at radius 2 is 2.14 bits per heavy atom. The van der Waals surface area contributed by atoms with Crippen LogP contribution >= 0.6 is 0 Å². The standard InChI is InChI=1S/C18H26N2O2/c1-13(21)17(7-5-3-4-6-14-8-9-14)20-18-11-10-15(22-2)12-16(18)19/h10-12,14,21H,1,3-9,19H2,2H3. The zero-order chi connectivity index (χ0) is 15.9. The van der Waals surface area contributed by atoms with Gasteiger partial charge in [0, 0.05) is 6.07 Å². The molecule has 1 aliphatic rings. The van der Waals surface area contributed by atoms with Crippen molar-refractivity contribution in [1.82, 2.24) is 0 Å². The van der Waals surface area contributed by atoms with Crippen LogP contribution in [0.15, 0.2) is 35.5 Å². The molecule has 0 amide bonds. The number of aliphatic imine (C=N–C) groups is 1. The Labute approximate surface area is 132 Å². The van der Waals surface area contributed by atoms with Gasteiger partial charge >= 0.3 is 0 Å². The SMILES string of the molecule is C=C(O)C(CCCCCC1CC1)=Nc1ccc(OC)cc1N. The molecule has 1 aliphatic carbocycles. The molecule has 1 aromatic carbocycles. The first-order chi connectivity index (χ1) is 10.6. The van der Waals surface area contributed by atoms with E-state index in [0.717, 1.165) is 18.8 Å². The molecule has 0 saturated heterocycles. The Hall–Kier alpha value is -1.97. The fraction of sp³-hybridized carbons (Fsp3) is 0.500. The van der Waals surface area contributed by atoms with E-state index in [0.29, 0.717) is 22.8 Å². The highest BCUT2D eigenvalue weighted by Crippen LogP contribution is 2.34. The maximum atomic E-state index is 9.73. The normalized spacial score (nSPS) is 14.9. The maximum absolute atomic E-state index is 9.73. The molecule has 1 saturated carbocycles. The predicted molar refractivity (Wildman–Crippen MR) is 92.1 cm³/mol. The first-order valence-electron chi connectivity index (χ1n) is 7.99. The summed E-state index contributed by atoms with van der Waals surface area (Å²) in [7, 11) is 1.60. The second-order valence-electron chi connectivity index (χ2n) is 5.97. The summed E-state index contributed by atoms with van der Waals surface area (Å²) in [5.41, 5.74) is 7.75. The molecular weight excluding hydrogens is 276 g/mol. The third-order valence-corrected chi connectivity index (χ3v) is 4.05. The van der Waals surface area contributed by atoms with Gasteiger partial charge in [0.25, 0.3) is 0 Å². The minimum atomic E-state index is 0.0254. The van der Waals surface area contributed by atoms with Gasteiger partial charge in [0.05, 0.1) is 24.2 Å². The van der Waals surface area contributed by atoms with Crippen LogP contribution in [-0.4, -0.2) is 17.9 Å². The van der Waals surface area contributed by atoms with E-state index in [1.807, 2.05) is 6.07 Å². The molecule has 120 valence electrons. The first-order valence-corrected chi connectivity index (χ1v) is 7.99. The zero-order valence-electron chi connectivity index (χ0n) is 13.3. The van der Waals surface area contributed by atoms with Gasteiger partial charge in [-0.1, -0.05) is 38.7 Å². The van der Waals surface area contributed by atoms with Gasteiger partial charge < -0.3 is 15.6 Å². The molecule has 4 heteroatoms. The van der Waals surface area contributed by atoms with Gasteiger partial charge in [0.2, 0.25) is 0 Å². The molecule has 1 fully saturated rings. The summed E-state index contributed by atoms with van der Waals surface area (Å²) in [6.45, 7) is 3.61. The van der Waals surface area contributed by atoms with E-state index < -0.39 is 0 Å². The average molecular weight is 302 g/mol. The van der Waals surface area contributed by atoms with Gasteiger partial charge in [0.15, 0.2) is 0 Å². The first kappa shape index (κ1) is 16.4. The van der Waals surface area contributed by atoms with E-state index in [-0.39, 0.29) is 5.76 Å². The van der Waals surface area contributed by atoms with Crippen molar-refractivity contribution in [3.05, 3.63) is 30.5 Å². The Morgan fingerprint density at radius 1 is 1.36 bits per heavy atom. The van der Waals surface area contributed by atoms with E-state index in [4.69, 9.17) is 10.5 Å². The number of nitrogens with zero attached hydrogens (tertiary/aromatic N) is 1. The van der Waals surface area contributed by atoms with Crippen LogP contribution < -0.4 is 10.5 Å². The van der Waals surface area contributed by atoms with Crippen molar-refractivity contribution in [3.63, 3.8) is 0 Å². The van der Waals surface area contributed by atoms with Crippen LogP contribution in [0.2, 0.25) is 0 Å². The number of anilines is 1. The summed E-state index contributed by atoms with van der Waals surface area (Å²) < 4.78 is 5.12. The summed E-state index contributed by atoms with van der Waals surface area (Å²) in [5, 5.41) is 9.73. The summed E-state index contributed by atoms with van der Waals surface area (Å²) in [5.74, 6) is 1.71. The molecule has 0 spiro atoms. The molecule has 22 heavy (non-hydrogen) atoms. The quantitative estimate of drug-likeness (QED) is 0.298. The van der Waals surface area contributed by atoms with Crippen molar-refractivity contribution < 1.29 is 9.84 Å². The molecule has 0 bridgehead atoms. The second kappa shape index (κ2) is 7.87. The molecular formula is C18H26N2O2. The van der Waals surface area contributed by atoms with E-state index in [2.05, 4.69) is 11.6 Å². The number of nitrogens with two attached hydrogens (primary N) is 1. The number of rotatable bonds is 9. The largest absolute Gasteiger partial charge is 0.507 e. The molecule has 2 rings (SSSR count). The van der Waals surface area contributed by atoms with E-state index in [1.165, 1.54) is 32.1 Å². The third kappa shape index (κ3) is 5.10. The highest BCUT2D eigenvalue weighted by molar-refractivity contribution is 5.99. The lowest BCUT2D eigenvalue weighted by atomic mass is 10.1. The van der Waals surface area contributed by atoms with Gasteiger partial charge in [-0.3, -0.25) is 0 Å². The zero-order valence-corrected chi connectivity index (χ0v) is 13.3. The molecule has 0 unspecified atom stereocenters. The average Bonchev–Trinajstić information content (AvgIpc) is 3.31. The minimum Gasteiger partial charge on any atom is -0.507 e. The molecule has 4 nitrogen and oxygen atoms in total. The van der Waals surface area contributed by atoms with Crippen molar-refractivity contribution in [2.75, 3.05) is 12.8 Å². The van der Waals surface area contributed by atoms with Crippen LogP contribution in [0, 0.1) is 5.92 Å². The number of allylic oxidation sites excluding steroid dienone is 1. The summed E-state index contributed by atoms with van der Waals surface area (Å²) >= 11 is 0. The lowest BCUT2D eigenvalue weighted by molar-refractivity contribution is 0.415. The van der Waals surface area contributed by atoms with Gasteiger partial charge in [0.1, 0.15) is 11.5 Å². The number of nitrogen functional groups attached to an aromatic ring is 1. The Kier molecular flexibility index (Phi) is 5.87. The van der Waals surface area contributed by atoms with Crippen LogP contribution in [0.25, 0.3) is 0 Å². The van der Waals surface area contributed by atoms with Crippen LogP contribution in [0.4, 0.5) is 11.4 Å². The monoisotopic (exact) mass is 302 g/mol. The van der Waals surface area contributed by atoms with Crippen molar-refractivity contribution in [3.8, 4) is 5.75 Å². The Balaban J connectivity index is 1.92. The number of ether oxygens (including phenoxy) is 1. The number of hydrogen-bond donors (Lipinski definition) is 2. The molecule has 0 aromatic heterocycles. The fourth-order valence-electron chi connectivity index (χ4n) is 2.48. The number of aliphatic hydroxyl groups excluding tert-OH is 1. The molecule has 0 heterocycles. The summed E-state index contributed by atoms with van der Waals surface area (Å²) in [6, 6.07) is 5.33. The van der Waals surface area contributed by atoms with E-state index in [9.17, 15) is 5.11 Å². The van der Waals surface area contributed by atoms with E-state index >= 15 is 0 Å². The topological polar surface area (TPSA) is 67.8 Å². The van der Waals surface area contributed by atoms with E-state index in [1.54, 1.807) is 19.2 Å². The molecule has 1 aromatic rings. The minimum absolute atomic E-state index is 0.0254. The number of hydrogen-bond acceptors (Lipinski definition) is 4. The summed E-state index contributed by atoms with van der Waals surface area (Å²) in [4.78, 5) is 4.46. The smallest absolute Gasteiger partial charge is 0.129 e. The Morgan fingerprint density at radius 3 is 2.73 bits per heavy atom. The number of methoxy groups -OCH3 is 1. The van der Waals surface area contributed by atoms with Gasteiger partial charge in [-0.25, -0.2) is 4.99 Å². The lowest BCUT2D eigenvalue weighted by Gasteiger charge is -2.08. The number of unbranched alkanes of at least 4 members (excludes halogenated alkanes) is 2. The molecule has 0 atom stereocenters. The highest BCUT2D eigenvalue weighted by Gasteiger charge is 2.19. The van der Waals surface area contributed by atoms with Crippen molar-refractivity contribution in [2.24, 2.45) is 10.9 Å². The molecule has 3 N–H and O–H groups in total. The summed E-state index contributed by atoms with van der Waals surface area (Å²) in [6.07, 6.45) is 8.35. The Bertz CT molecular complexity index is 548. The maximum Gasteiger partial charge on any atom is 0.129 e. The van der Waals surface area contributed by atoms with Gasteiger partial charge in [-0.15, -0.1) is 0 Å². The van der Waals surface area contributed by atoms with Crippen molar-refractivity contribution in [2.45, 2.75) is 44.9 Å². The molecule has 0 aliphatic heterocycles. The van der Waals surface area contributed by atoms with Crippen LogP contribution in [0.3, 0.4) is 0 Å². The van der Waals surface area contributed by atoms with Gasteiger partial charge in [-0.05, 0) is 30.9 Å². The van der Waals surface area contributed by atoms with Crippen molar-refractivity contribution >= 4 is 17.1 Å². The predicted octanol–water partition coefficient (Wildman–Crippen LogP) is 4.78. The highest BCUT2D eigenvalue weighted by atomic mass is 16.5. The fourth-order valence-corrected chi connectivity index (χ4v) is 2.48.